The lowest BCUT2D eigenvalue weighted by molar-refractivity contribution is -0.116. The van der Waals surface area contributed by atoms with E-state index in [1.807, 2.05) is 60.0 Å². The first-order chi connectivity index (χ1) is 12.7. The summed E-state index contributed by atoms with van der Waals surface area (Å²) < 4.78 is 5.19. The predicted octanol–water partition coefficient (Wildman–Crippen LogP) is 4.79. The molecule has 4 nitrogen and oxygen atoms in total. The van der Waals surface area contributed by atoms with Gasteiger partial charge in [-0.15, -0.1) is 23.1 Å². The summed E-state index contributed by atoms with van der Waals surface area (Å²) in [6.07, 6.45) is 0. The van der Waals surface area contributed by atoms with Gasteiger partial charge in [-0.05, 0) is 18.2 Å². The van der Waals surface area contributed by atoms with Gasteiger partial charge in [0.2, 0.25) is 0 Å². The van der Waals surface area contributed by atoms with Crippen LogP contribution in [0.5, 0.6) is 5.75 Å². The Morgan fingerprint density at radius 3 is 2.81 bits per heavy atom. The Kier molecular flexibility index (Phi) is 6.05. The number of thioether (sulfide) groups is 1. The third kappa shape index (κ3) is 4.31. The van der Waals surface area contributed by atoms with E-state index in [0.29, 0.717) is 5.01 Å². The fraction of sp³-hybridized carbons (Fsp3) is 0.150. The van der Waals surface area contributed by atoms with Crippen LogP contribution in [-0.2, 0) is 4.79 Å². The van der Waals surface area contributed by atoms with E-state index in [4.69, 9.17) is 4.74 Å². The van der Waals surface area contributed by atoms with Crippen LogP contribution in [0.25, 0.3) is 11.3 Å². The maximum atomic E-state index is 12.5. The van der Waals surface area contributed by atoms with Crippen molar-refractivity contribution in [3.63, 3.8) is 0 Å². The molecule has 0 aliphatic heterocycles. The largest absolute Gasteiger partial charge is 0.497 e. The number of nitriles is 1. The summed E-state index contributed by atoms with van der Waals surface area (Å²) in [7, 11) is 1.60. The minimum Gasteiger partial charge on any atom is -0.497 e. The molecule has 0 aliphatic carbocycles. The van der Waals surface area contributed by atoms with E-state index >= 15 is 0 Å². The van der Waals surface area contributed by atoms with Gasteiger partial charge in [0, 0.05) is 15.8 Å². The SMILES string of the molecule is COc1cccc(SCC(=O)[C@H](C#N)c2nc(-c3ccccc3)cs2)c1. The van der Waals surface area contributed by atoms with Crippen LogP contribution in [0.4, 0.5) is 0 Å². The van der Waals surface area contributed by atoms with Crippen molar-refractivity contribution in [2.24, 2.45) is 0 Å². The van der Waals surface area contributed by atoms with Gasteiger partial charge in [0.05, 0.1) is 24.6 Å². The molecule has 0 amide bonds. The van der Waals surface area contributed by atoms with Gasteiger partial charge in [-0.25, -0.2) is 4.98 Å². The number of carbonyl (C=O) groups is 1. The van der Waals surface area contributed by atoms with E-state index in [-0.39, 0.29) is 11.5 Å². The van der Waals surface area contributed by atoms with E-state index in [9.17, 15) is 10.1 Å². The van der Waals surface area contributed by atoms with Crippen molar-refractivity contribution >= 4 is 28.9 Å². The number of hydrogen-bond acceptors (Lipinski definition) is 6. The van der Waals surface area contributed by atoms with E-state index in [1.54, 1.807) is 7.11 Å². The lowest BCUT2D eigenvalue weighted by atomic mass is 10.1. The number of methoxy groups -OCH3 is 1. The summed E-state index contributed by atoms with van der Waals surface area (Å²) in [6, 6.07) is 19.3. The number of hydrogen-bond donors (Lipinski definition) is 0. The van der Waals surface area contributed by atoms with Crippen LogP contribution in [0, 0.1) is 11.3 Å². The molecule has 130 valence electrons. The second-order valence-corrected chi connectivity index (χ2v) is 7.37. The number of rotatable bonds is 7. The molecule has 3 aromatic rings. The maximum absolute atomic E-state index is 12.5. The number of ketones is 1. The summed E-state index contributed by atoms with van der Waals surface area (Å²) in [6.45, 7) is 0. The van der Waals surface area contributed by atoms with E-state index in [0.717, 1.165) is 21.9 Å². The van der Waals surface area contributed by atoms with Gasteiger partial charge in [-0.1, -0.05) is 36.4 Å². The second-order valence-electron chi connectivity index (χ2n) is 5.43. The van der Waals surface area contributed by atoms with Crippen LogP contribution in [-0.4, -0.2) is 23.6 Å². The van der Waals surface area contributed by atoms with Crippen molar-refractivity contribution in [1.29, 1.82) is 5.26 Å². The van der Waals surface area contributed by atoms with E-state index in [2.05, 4.69) is 11.1 Å². The number of carbonyl (C=O) groups excluding carboxylic acids is 1. The maximum Gasteiger partial charge on any atom is 0.167 e. The monoisotopic (exact) mass is 380 g/mol. The quantitative estimate of drug-likeness (QED) is 0.552. The summed E-state index contributed by atoms with van der Waals surface area (Å²) in [5.41, 5.74) is 1.77. The van der Waals surface area contributed by atoms with Crippen LogP contribution >= 0.6 is 23.1 Å². The number of thiazole rings is 1. The van der Waals surface area contributed by atoms with Crippen molar-refractivity contribution < 1.29 is 9.53 Å². The third-order valence-corrected chi connectivity index (χ3v) is 5.64. The van der Waals surface area contributed by atoms with E-state index < -0.39 is 5.92 Å². The zero-order valence-corrected chi connectivity index (χ0v) is 15.7. The summed E-state index contributed by atoms with van der Waals surface area (Å²) >= 11 is 2.75. The highest BCUT2D eigenvalue weighted by atomic mass is 32.2. The highest BCUT2D eigenvalue weighted by molar-refractivity contribution is 8.00. The summed E-state index contributed by atoms with van der Waals surface area (Å²) in [4.78, 5) is 18.0. The Bertz CT molecular complexity index is 932. The Labute approximate surface area is 160 Å². The molecule has 2 aromatic carbocycles. The molecule has 0 saturated carbocycles. The van der Waals surface area contributed by atoms with Crippen molar-refractivity contribution in [3.8, 4) is 23.1 Å². The van der Waals surface area contributed by atoms with Gasteiger partial charge in [0.1, 0.15) is 10.8 Å². The molecule has 1 atom stereocenters. The molecular formula is C20H16N2O2S2. The van der Waals surface area contributed by atoms with Gasteiger partial charge in [0.15, 0.2) is 11.7 Å². The van der Waals surface area contributed by atoms with Crippen LogP contribution < -0.4 is 4.74 Å². The molecule has 0 spiro atoms. The van der Waals surface area contributed by atoms with Gasteiger partial charge < -0.3 is 4.74 Å². The lowest BCUT2D eigenvalue weighted by Crippen LogP contribution is -2.13. The van der Waals surface area contributed by atoms with Gasteiger partial charge in [-0.3, -0.25) is 4.79 Å². The molecule has 0 unspecified atom stereocenters. The predicted molar refractivity (Wildman–Crippen MR) is 105 cm³/mol. The minimum absolute atomic E-state index is 0.144. The molecule has 0 bridgehead atoms. The summed E-state index contributed by atoms with van der Waals surface area (Å²) in [5, 5.41) is 11.9. The smallest absolute Gasteiger partial charge is 0.167 e. The highest BCUT2D eigenvalue weighted by Crippen LogP contribution is 2.29. The average molecular weight is 380 g/mol. The number of Topliss-reactive ketones (excluding diaryl/α,β-unsaturated/α-hetero) is 1. The van der Waals surface area contributed by atoms with Gasteiger partial charge >= 0.3 is 0 Å². The molecule has 0 saturated heterocycles. The Balaban J connectivity index is 1.69. The molecule has 26 heavy (non-hydrogen) atoms. The lowest BCUT2D eigenvalue weighted by Gasteiger charge is -2.06. The average Bonchev–Trinajstić information content (AvgIpc) is 3.17. The second kappa shape index (κ2) is 8.65. The number of aromatic nitrogens is 1. The molecule has 6 heteroatoms. The first-order valence-corrected chi connectivity index (χ1v) is 9.78. The Hall–Kier alpha value is -2.62. The first-order valence-electron chi connectivity index (χ1n) is 7.91. The fourth-order valence-corrected chi connectivity index (χ4v) is 4.10. The molecule has 3 rings (SSSR count). The third-order valence-electron chi connectivity index (χ3n) is 3.71. The normalized spacial score (nSPS) is 11.5. The molecule has 0 aliphatic rings. The van der Waals surface area contributed by atoms with Crippen molar-refractivity contribution in [1.82, 2.24) is 4.98 Å². The molecular weight excluding hydrogens is 364 g/mol. The summed E-state index contributed by atoms with van der Waals surface area (Å²) in [5.74, 6) is -0.0254. The standard InChI is InChI=1S/C20H16N2O2S2/c1-24-15-8-5-9-16(10-15)25-13-19(23)17(11-21)20-22-18(12-26-20)14-6-3-2-4-7-14/h2-10,12,17H,13H2,1H3/t17-/m0/s1. The van der Waals surface area contributed by atoms with Crippen LogP contribution in [0.3, 0.4) is 0 Å². The zero-order valence-electron chi connectivity index (χ0n) is 14.1. The van der Waals surface area contributed by atoms with Crippen LogP contribution in [0.1, 0.15) is 10.9 Å². The Morgan fingerprint density at radius 2 is 2.08 bits per heavy atom. The highest BCUT2D eigenvalue weighted by Gasteiger charge is 2.23. The minimum atomic E-state index is -0.837. The number of benzene rings is 2. The molecule has 1 heterocycles. The molecule has 0 N–H and O–H groups in total. The van der Waals surface area contributed by atoms with Crippen molar-refractivity contribution in [3.05, 3.63) is 65.0 Å². The molecule has 0 fully saturated rings. The van der Waals surface area contributed by atoms with Crippen molar-refractivity contribution in [2.75, 3.05) is 12.9 Å². The topological polar surface area (TPSA) is 63.0 Å². The van der Waals surface area contributed by atoms with Crippen molar-refractivity contribution in [2.45, 2.75) is 10.8 Å². The number of ether oxygens (including phenoxy) is 1. The molecule has 0 radical (unpaired) electrons. The van der Waals surface area contributed by atoms with Gasteiger partial charge in [0.25, 0.3) is 0 Å². The van der Waals surface area contributed by atoms with Gasteiger partial charge in [-0.2, -0.15) is 5.26 Å². The van der Waals surface area contributed by atoms with Crippen LogP contribution in [0.15, 0.2) is 64.9 Å². The molecule has 1 aromatic heterocycles. The fourth-order valence-electron chi connectivity index (χ4n) is 2.36. The first kappa shape index (κ1) is 18.2. The Morgan fingerprint density at radius 1 is 1.27 bits per heavy atom. The van der Waals surface area contributed by atoms with Crippen LogP contribution in [0.2, 0.25) is 0 Å². The number of nitrogens with zero attached hydrogens (tertiary/aromatic N) is 2. The van der Waals surface area contributed by atoms with E-state index in [1.165, 1.54) is 23.1 Å². The zero-order chi connectivity index (χ0) is 18.4.